The summed E-state index contributed by atoms with van der Waals surface area (Å²) in [5.41, 5.74) is 5.42. The molecule has 0 amide bonds. The van der Waals surface area contributed by atoms with Crippen molar-refractivity contribution in [2.24, 2.45) is 0 Å². The molecule has 6 nitrogen and oxygen atoms in total. The second kappa shape index (κ2) is 11.0. The van der Waals surface area contributed by atoms with E-state index >= 15 is 0 Å². The van der Waals surface area contributed by atoms with Crippen molar-refractivity contribution in [1.82, 2.24) is 4.90 Å². The fraction of sp³-hybridized carbons (Fsp3) is 0.324. The maximum atomic E-state index is 14.6. The summed E-state index contributed by atoms with van der Waals surface area (Å²) in [6, 6.07) is 14.6. The minimum Gasteiger partial charge on any atom is -0.455 e. The number of carbonyl (C=O) groups is 1. The first-order valence-electron chi connectivity index (χ1n) is 14.5. The summed E-state index contributed by atoms with van der Waals surface area (Å²) in [6.07, 6.45) is 5.51. The predicted octanol–water partition coefficient (Wildman–Crippen LogP) is 7.18. The molecule has 43 heavy (non-hydrogen) atoms. The average molecular weight is 605 g/mol. The van der Waals surface area contributed by atoms with Crippen LogP contribution in [-0.2, 0) is 16.4 Å². The zero-order valence-corrected chi connectivity index (χ0v) is 25.5. The van der Waals surface area contributed by atoms with E-state index in [1.807, 2.05) is 18.2 Å². The Hall–Kier alpha value is -3.82. The summed E-state index contributed by atoms with van der Waals surface area (Å²) in [7, 11) is -0.0409. The lowest BCUT2D eigenvalue weighted by Gasteiger charge is -2.39. The number of ketones is 1. The molecule has 224 valence electrons. The van der Waals surface area contributed by atoms with Crippen LogP contribution in [-0.4, -0.2) is 52.0 Å². The van der Waals surface area contributed by atoms with Gasteiger partial charge < -0.3 is 4.42 Å². The second-order valence-electron chi connectivity index (χ2n) is 11.7. The molecule has 0 saturated carbocycles. The molecule has 2 aliphatic rings. The van der Waals surface area contributed by atoms with Crippen molar-refractivity contribution < 1.29 is 26.4 Å². The minimum atomic E-state index is -3.63. The zero-order valence-electron chi connectivity index (χ0n) is 24.7. The third-order valence-electron chi connectivity index (χ3n) is 8.99. The lowest BCUT2D eigenvalue weighted by molar-refractivity contribution is 0.0989. The number of nitrogens with zero attached hydrogens (tertiary/aromatic N) is 2. The van der Waals surface area contributed by atoms with Crippen LogP contribution in [0.15, 0.2) is 64.6 Å². The fourth-order valence-corrected chi connectivity index (χ4v) is 7.07. The highest BCUT2D eigenvalue weighted by atomic mass is 32.2. The van der Waals surface area contributed by atoms with Gasteiger partial charge in [-0.25, -0.2) is 17.2 Å². The van der Waals surface area contributed by atoms with Crippen LogP contribution in [0.4, 0.5) is 14.5 Å². The van der Waals surface area contributed by atoms with E-state index < -0.39 is 15.8 Å². The van der Waals surface area contributed by atoms with Gasteiger partial charge in [-0.05, 0) is 91.9 Å². The first-order valence-corrected chi connectivity index (χ1v) is 16.3. The summed E-state index contributed by atoms with van der Waals surface area (Å²) >= 11 is 0. The smallest absolute Gasteiger partial charge is 0.232 e. The van der Waals surface area contributed by atoms with Crippen LogP contribution in [0.1, 0.15) is 59.2 Å². The number of rotatable bonds is 7. The van der Waals surface area contributed by atoms with Gasteiger partial charge >= 0.3 is 0 Å². The van der Waals surface area contributed by atoms with Crippen molar-refractivity contribution in [3.8, 4) is 11.3 Å². The molecule has 2 unspecified atom stereocenters. The molecule has 1 aliphatic carbocycles. The Morgan fingerprint density at radius 3 is 2.53 bits per heavy atom. The Labute approximate surface area is 250 Å². The molecule has 1 aliphatic heterocycles. The molecule has 2 heterocycles. The van der Waals surface area contributed by atoms with Gasteiger partial charge in [0.15, 0.2) is 5.78 Å². The van der Waals surface area contributed by atoms with Crippen LogP contribution in [0.25, 0.3) is 28.4 Å². The number of benzene rings is 3. The van der Waals surface area contributed by atoms with Crippen LogP contribution in [0.2, 0.25) is 0 Å². The first kappa shape index (κ1) is 29.3. The number of likely N-dealkylation sites (tertiary alicyclic amines) is 1. The lowest BCUT2D eigenvalue weighted by atomic mass is 9.81. The number of Topliss-reactive ketones (excluding diaryl/α,β-unsaturated/α-hetero) is 1. The van der Waals surface area contributed by atoms with Crippen molar-refractivity contribution in [1.29, 1.82) is 0 Å². The van der Waals surface area contributed by atoms with Gasteiger partial charge in [0, 0.05) is 42.1 Å². The summed E-state index contributed by atoms with van der Waals surface area (Å²) in [5, 5.41) is 0.608. The van der Waals surface area contributed by atoms with Gasteiger partial charge in [0.25, 0.3) is 0 Å². The van der Waals surface area contributed by atoms with E-state index in [1.165, 1.54) is 29.6 Å². The van der Waals surface area contributed by atoms with Crippen molar-refractivity contribution in [2.75, 3.05) is 31.2 Å². The van der Waals surface area contributed by atoms with Gasteiger partial charge in [-0.2, -0.15) is 0 Å². The lowest BCUT2D eigenvalue weighted by Crippen LogP contribution is -2.40. The van der Waals surface area contributed by atoms with E-state index in [0.717, 1.165) is 35.9 Å². The monoisotopic (exact) mass is 604 g/mol. The van der Waals surface area contributed by atoms with Crippen LogP contribution in [0, 0.1) is 11.6 Å². The molecule has 2 atom stereocenters. The third kappa shape index (κ3) is 5.29. The van der Waals surface area contributed by atoms with Crippen molar-refractivity contribution >= 4 is 38.5 Å². The summed E-state index contributed by atoms with van der Waals surface area (Å²) in [5.74, 6) is -0.444. The molecule has 0 N–H and O–H groups in total. The molecule has 0 spiro atoms. The van der Waals surface area contributed by atoms with E-state index in [1.54, 1.807) is 31.2 Å². The standard InChI is InChI=1S/C34H34F2N2O4S/c1-5-31(39)33-27-18-26(22-13-14-37(2)29(17-22)23-15-21-7-6-8-28(36)25(21)16-23)30(38(3)43(4,40)41)19-32(27)42-34(33)20-9-11-24(35)12-10-20/h6-12,16,18-19,22,29H,5,13-15,17H2,1-4H3. The van der Waals surface area contributed by atoms with Gasteiger partial charge in [-0.1, -0.05) is 25.1 Å². The van der Waals surface area contributed by atoms with Crippen LogP contribution in [0.3, 0.4) is 0 Å². The number of fused-ring (bicyclic) bond motifs is 2. The van der Waals surface area contributed by atoms with Gasteiger partial charge in [0.1, 0.15) is 23.0 Å². The van der Waals surface area contributed by atoms with Gasteiger partial charge in [-0.15, -0.1) is 0 Å². The topological polar surface area (TPSA) is 70.8 Å². The first-order chi connectivity index (χ1) is 20.5. The van der Waals surface area contributed by atoms with E-state index in [-0.39, 0.29) is 30.0 Å². The van der Waals surface area contributed by atoms with E-state index in [0.29, 0.717) is 51.9 Å². The van der Waals surface area contributed by atoms with Crippen LogP contribution < -0.4 is 4.31 Å². The minimum absolute atomic E-state index is 0.0343. The molecule has 3 aromatic carbocycles. The molecule has 6 rings (SSSR count). The van der Waals surface area contributed by atoms with Crippen molar-refractivity contribution in [3.63, 3.8) is 0 Å². The van der Waals surface area contributed by atoms with E-state index in [4.69, 9.17) is 4.42 Å². The van der Waals surface area contributed by atoms with E-state index in [9.17, 15) is 22.0 Å². The largest absolute Gasteiger partial charge is 0.455 e. The Balaban J connectivity index is 1.49. The highest BCUT2D eigenvalue weighted by molar-refractivity contribution is 7.92. The Morgan fingerprint density at radius 1 is 1.12 bits per heavy atom. The highest BCUT2D eigenvalue weighted by Crippen LogP contribution is 2.45. The molecule has 4 aromatic rings. The number of sulfonamides is 1. The number of likely N-dealkylation sites (N-methyl/N-ethyl adjacent to an activating group) is 1. The average Bonchev–Trinajstić information content (AvgIpc) is 3.58. The van der Waals surface area contributed by atoms with Crippen molar-refractivity contribution in [2.45, 2.75) is 44.6 Å². The Morgan fingerprint density at radius 2 is 1.86 bits per heavy atom. The maximum absolute atomic E-state index is 14.6. The summed E-state index contributed by atoms with van der Waals surface area (Å²) in [6.45, 7) is 2.54. The van der Waals surface area contributed by atoms with Gasteiger partial charge in [-0.3, -0.25) is 14.0 Å². The quantitative estimate of drug-likeness (QED) is 0.209. The second-order valence-corrected chi connectivity index (χ2v) is 13.7. The number of piperidine rings is 1. The molecular weight excluding hydrogens is 570 g/mol. The highest BCUT2D eigenvalue weighted by Gasteiger charge is 2.35. The number of halogens is 2. The molecule has 1 fully saturated rings. The molecular formula is C34H34F2N2O4S. The number of anilines is 1. The van der Waals surface area contributed by atoms with E-state index in [2.05, 4.69) is 11.9 Å². The fourth-order valence-electron chi connectivity index (χ4n) is 6.55. The maximum Gasteiger partial charge on any atom is 0.232 e. The Bertz CT molecular complexity index is 1880. The molecule has 9 heteroatoms. The van der Waals surface area contributed by atoms with Crippen molar-refractivity contribution in [3.05, 3.63) is 94.1 Å². The third-order valence-corrected chi connectivity index (χ3v) is 10.2. The number of carbonyl (C=O) groups excluding carboxylic acids is 1. The zero-order chi connectivity index (χ0) is 30.6. The number of hydrogen-bond acceptors (Lipinski definition) is 5. The van der Waals surface area contributed by atoms with Gasteiger partial charge in [0.05, 0.1) is 17.5 Å². The van der Waals surface area contributed by atoms with Crippen LogP contribution >= 0.6 is 0 Å². The summed E-state index contributed by atoms with van der Waals surface area (Å²) in [4.78, 5) is 15.6. The van der Waals surface area contributed by atoms with Crippen LogP contribution in [0.5, 0.6) is 0 Å². The Kier molecular flexibility index (Phi) is 7.50. The molecule has 0 bridgehead atoms. The molecule has 1 aromatic heterocycles. The molecule has 1 saturated heterocycles. The normalized spacial score (nSPS) is 19.0. The molecule has 0 radical (unpaired) electrons. The number of hydrogen-bond donors (Lipinski definition) is 0. The SMILES string of the molecule is CCC(=O)c1c(-c2ccc(F)cc2)oc2cc(N(C)S(C)(=O)=O)c(C3CCN(C)C(C4=Cc5c(F)cccc5C4)C3)cc12. The predicted molar refractivity (Wildman–Crippen MR) is 166 cm³/mol. The number of furan rings is 1. The summed E-state index contributed by atoms with van der Waals surface area (Å²) < 4.78 is 61.4. The van der Waals surface area contributed by atoms with Gasteiger partial charge in [0.2, 0.25) is 10.0 Å².